The summed E-state index contributed by atoms with van der Waals surface area (Å²) >= 11 is 3.98. The van der Waals surface area contributed by atoms with Crippen LogP contribution in [0.25, 0.3) is 11.1 Å². The number of fused-ring (bicyclic) bond motifs is 5. The molecule has 1 aliphatic heterocycles. The van der Waals surface area contributed by atoms with Crippen LogP contribution in [0.2, 0.25) is 0 Å². The van der Waals surface area contributed by atoms with E-state index in [1.54, 1.807) is 11.1 Å². The smallest absolute Gasteiger partial charge is 0.0369 e. The van der Waals surface area contributed by atoms with Gasteiger partial charge in [-0.25, -0.2) is 0 Å². The van der Waals surface area contributed by atoms with Gasteiger partial charge in [0.1, 0.15) is 0 Å². The highest BCUT2D eigenvalue weighted by Gasteiger charge is 2.33. The van der Waals surface area contributed by atoms with Gasteiger partial charge in [-0.15, -0.1) is 0 Å². The molecular formula is C24H22BrN. The average molecular weight is 404 g/mol. The van der Waals surface area contributed by atoms with Crippen molar-refractivity contribution >= 4 is 15.9 Å². The summed E-state index contributed by atoms with van der Waals surface area (Å²) < 4.78 is 0. The van der Waals surface area contributed by atoms with Gasteiger partial charge in [-0.05, 0) is 71.2 Å². The zero-order chi connectivity index (χ0) is 17.5. The summed E-state index contributed by atoms with van der Waals surface area (Å²) in [5, 5.41) is 3.51. The van der Waals surface area contributed by atoms with Crippen molar-refractivity contribution in [2.45, 2.75) is 36.4 Å². The van der Waals surface area contributed by atoms with Gasteiger partial charge in [0, 0.05) is 22.6 Å². The minimum Gasteiger partial charge on any atom is -0.364 e. The first-order valence-electron chi connectivity index (χ1n) is 9.50. The van der Waals surface area contributed by atoms with Gasteiger partial charge < -0.3 is 5.32 Å². The van der Waals surface area contributed by atoms with Crippen LogP contribution < -0.4 is 5.32 Å². The summed E-state index contributed by atoms with van der Waals surface area (Å²) in [6, 6.07) is 13.7. The molecule has 3 aliphatic rings. The minimum atomic E-state index is 0.383. The fourth-order valence-corrected chi connectivity index (χ4v) is 5.57. The third-order valence-electron chi connectivity index (χ3n) is 5.97. The first-order valence-corrected chi connectivity index (χ1v) is 10.4. The molecule has 2 aromatic carbocycles. The van der Waals surface area contributed by atoms with E-state index in [0.29, 0.717) is 10.7 Å². The molecule has 5 rings (SSSR count). The van der Waals surface area contributed by atoms with E-state index in [2.05, 4.69) is 81.9 Å². The normalized spacial score (nSPS) is 23.2. The van der Waals surface area contributed by atoms with Crippen LogP contribution in [0.4, 0.5) is 0 Å². The Kier molecular flexibility index (Phi) is 4.09. The Bertz CT molecular complexity index is 951. The predicted molar refractivity (Wildman–Crippen MR) is 113 cm³/mol. The standard InChI is InChI=1S/C24H22BrN/c25-22-14-13-20-19-10-9-16-6-3-4-7-17(16)18(19)11-12-21(20)24(22)23-8-2-1-5-15-26-23/h1-8,11-12,15,22,24,26H,9-10,13-14H2. The van der Waals surface area contributed by atoms with Crippen LogP contribution >= 0.6 is 15.9 Å². The van der Waals surface area contributed by atoms with Crippen molar-refractivity contribution in [2.24, 2.45) is 0 Å². The lowest BCUT2D eigenvalue weighted by molar-refractivity contribution is 0.609. The number of rotatable bonds is 1. The van der Waals surface area contributed by atoms with E-state index in [-0.39, 0.29) is 0 Å². The number of benzene rings is 2. The molecule has 2 aliphatic carbocycles. The number of nitrogens with one attached hydrogen (secondary N) is 1. The predicted octanol–water partition coefficient (Wildman–Crippen LogP) is 5.80. The topological polar surface area (TPSA) is 12.0 Å². The van der Waals surface area contributed by atoms with Crippen molar-refractivity contribution in [1.82, 2.24) is 5.32 Å². The Morgan fingerprint density at radius 1 is 0.846 bits per heavy atom. The molecule has 0 fully saturated rings. The van der Waals surface area contributed by atoms with E-state index in [0.717, 1.165) is 6.42 Å². The molecule has 0 radical (unpaired) electrons. The lowest BCUT2D eigenvalue weighted by atomic mass is 9.74. The van der Waals surface area contributed by atoms with E-state index < -0.39 is 0 Å². The van der Waals surface area contributed by atoms with Gasteiger partial charge in [-0.2, -0.15) is 0 Å². The molecule has 0 bridgehead atoms. The van der Waals surface area contributed by atoms with Crippen LogP contribution in [0.3, 0.4) is 0 Å². The van der Waals surface area contributed by atoms with Crippen molar-refractivity contribution in [3.63, 3.8) is 0 Å². The molecule has 26 heavy (non-hydrogen) atoms. The summed E-state index contributed by atoms with van der Waals surface area (Å²) in [5.41, 5.74) is 10.4. The summed E-state index contributed by atoms with van der Waals surface area (Å²) in [7, 11) is 0. The highest BCUT2D eigenvalue weighted by Crippen LogP contribution is 2.45. The van der Waals surface area contributed by atoms with Crippen LogP contribution in [-0.4, -0.2) is 4.83 Å². The molecule has 0 aromatic heterocycles. The van der Waals surface area contributed by atoms with Crippen LogP contribution in [-0.2, 0) is 19.3 Å². The van der Waals surface area contributed by atoms with Gasteiger partial charge in [0.2, 0.25) is 0 Å². The molecule has 0 saturated heterocycles. The van der Waals surface area contributed by atoms with E-state index in [1.807, 2.05) is 6.20 Å². The van der Waals surface area contributed by atoms with Crippen molar-refractivity contribution < 1.29 is 0 Å². The monoisotopic (exact) mass is 403 g/mol. The lowest BCUT2D eigenvalue weighted by Crippen LogP contribution is -2.28. The highest BCUT2D eigenvalue weighted by atomic mass is 79.9. The molecule has 0 spiro atoms. The number of alkyl halides is 1. The Balaban J connectivity index is 1.65. The van der Waals surface area contributed by atoms with Crippen LogP contribution in [0.5, 0.6) is 0 Å². The molecule has 2 unspecified atom stereocenters. The summed E-state index contributed by atoms with van der Waals surface area (Å²) in [6.07, 6.45) is 15.2. The fourth-order valence-electron chi connectivity index (χ4n) is 4.77. The molecule has 1 nitrogen and oxygen atoms in total. The van der Waals surface area contributed by atoms with Gasteiger partial charge >= 0.3 is 0 Å². The zero-order valence-electron chi connectivity index (χ0n) is 14.7. The maximum absolute atomic E-state index is 3.98. The summed E-state index contributed by atoms with van der Waals surface area (Å²) in [5.74, 6) is 0.383. The molecule has 130 valence electrons. The molecule has 1 N–H and O–H groups in total. The van der Waals surface area contributed by atoms with Gasteiger partial charge in [-0.3, -0.25) is 0 Å². The molecule has 0 amide bonds. The number of allylic oxidation sites excluding steroid dienone is 5. The first kappa shape index (κ1) is 16.1. The van der Waals surface area contributed by atoms with E-state index in [4.69, 9.17) is 0 Å². The van der Waals surface area contributed by atoms with E-state index >= 15 is 0 Å². The zero-order valence-corrected chi connectivity index (χ0v) is 16.3. The van der Waals surface area contributed by atoms with Gasteiger partial charge in [0.15, 0.2) is 0 Å². The quantitative estimate of drug-likeness (QED) is 0.592. The highest BCUT2D eigenvalue weighted by molar-refractivity contribution is 9.09. The largest absolute Gasteiger partial charge is 0.364 e. The first-order chi connectivity index (χ1) is 12.8. The molecule has 2 atom stereocenters. The fraction of sp³-hybridized carbons (Fsp3) is 0.250. The Morgan fingerprint density at radius 2 is 1.77 bits per heavy atom. The molecule has 2 aromatic rings. The molecular weight excluding hydrogens is 382 g/mol. The second-order valence-corrected chi connectivity index (χ2v) is 8.54. The summed E-state index contributed by atoms with van der Waals surface area (Å²) in [6.45, 7) is 0. The number of hydrogen-bond donors (Lipinski definition) is 1. The van der Waals surface area contributed by atoms with E-state index in [1.165, 1.54) is 47.2 Å². The SMILES string of the molecule is BrC1CCc2c(ccc3c2CCc2ccccc2-3)C1C1=CC=CC=CN1. The molecule has 1 heterocycles. The van der Waals surface area contributed by atoms with Gasteiger partial charge in [0.05, 0.1) is 0 Å². The molecule has 0 saturated carbocycles. The Morgan fingerprint density at radius 3 is 2.73 bits per heavy atom. The third kappa shape index (κ3) is 2.59. The van der Waals surface area contributed by atoms with Crippen molar-refractivity contribution in [1.29, 1.82) is 0 Å². The summed E-state index contributed by atoms with van der Waals surface area (Å²) in [4.78, 5) is 0.475. The van der Waals surface area contributed by atoms with E-state index in [9.17, 15) is 0 Å². The number of hydrogen-bond acceptors (Lipinski definition) is 1. The minimum absolute atomic E-state index is 0.383. The second-order valence-electron chi connectivity index (χ2n) is 7.36. The van der Waals surface area contributed by atoms with Crippen molar-refractivity contribution in [3.8, 4) is 11.1 Å². The number of halogens is 1. The average Bonchev–Trinajstić information content (AvgIpc) is 2.96. The van der Waals surface area contributed by atoms with Crippen molar-refractivity contribution in [3.05, 3.63) is 94.9 Å². The van der Waals surface area contributed by atoms with Crippen molar-refractivity contribution in [2.75, 3.05) is 0 Å². The Hall–Kier alpha value is -2.06. The van der Waals surface area contributed by atoms with Crippen LogP contribution in [0, 0.1) is 0 Å². The van der Waals surface area contributed by atoms with Crippen LogP contribution in [0.1, 0.15) is 34.6 Å². The lowest BCUT2D eigenvalue weighted by Gasteiger charge is -2.35. The Labute approximate surface area is 163 Å². The van der Waals surface area contributed by atoms with Gasteiger partial charge in [0.25, 0.3) is 0 Å². The second kappa shape index (κ2) is 6.59. The van der Waals surface area contributed by atoms with Gasteiger partial charge in [-0.1, -0.05) is 64.5 Å². The van der Waals surface area contributed by atoms with Crippen LogP contribution in [0.15, 0.2) is 72.6 Å². The molecule has 2 heteroatoms. The maximum atomic E-state index is 3.98. The third-order valence-corrected chi connectivity index (χ3v) is 6.95. The number of aryl methyl sites for hydroxylation is 1. The maximum Gasteiger partial charge on any atom is 0.0369 e.